The fraction of sp³-hybridized carbons (Fsp3) is 0.551. The third-order valence-electron chi connectivity index (χ3n) is 10.8. The fourth-order valence-electron chi connectivity index (χ4n) is 7.77. The molecular formula is C49H74N2+2. The molecule has 51 heavy (non-hydrogen) atoms. The van der Waals surface area contributed by atoms with Crippen molar-refractivity contribution in [2.24, 2.45) is 5.41 Å². The number of rotatable bonds is 17. The van der Waals surface area contributed by atoms with Gasteiger partial charge in [0.05, 0.1) is 55.4 Å². The normalized spacial score (nSPS) is 14.8. The summed E-state index contributed by atoms with van der Waals surface area (Å²) in [6, 6.07) is 23.8. The fourth-order valence-corrected chi connectivity index (χ4v) is 7.77. The quantitative estimate of drug-likeness (QED) is 0.0751. The maximum atomic E-state index is 2.57. The van der Waals surface area contributed by atoms with Crippen LogP contribution in [0.1, 0.15) is 139 Å². The lowest BCUT2D eigenvalue weighted by molar-refractivity contribution is -0.870. The molecule has 0 aromatic heterocycles. The Balaban J connectivity index is 1.70. The van der Waals surface area contributed by atoms with Crippen LogP contribution in [0.5, 0.6) is 0 Å². The maximum Gasteiger partial charge on any atom is 0.0780 e. The van der Waals surface area contributed by atoms with Gasteiger partial charge in [0.1, 0.15) is 0 Å². The van der Waals surface area contributed by atoms with Gasteiger partial charge >= 0.3 is 0 Å². The van der Waals surface area contributed by atoms with Crippen molar-refractivity contribution < 1.29 is 8.97 Å². The van der Waals surface area contributed by atoms with Crippen LogP contribution in [0.2, 0.25) is 0 Å². The van der Waals surface area contributed by atoms with Gasteiger partial charge < -0.3 is 8.97 Å². The maximum absolute atomic E-state index is 2.57. The van der Waals surface area contributed by atoms with E-state index in [2.05, 4.69) is 169 Å². The smallest absolute Gasteiger partial charge is 0.0780 e. The molecule has 0 unspecified atom stereocenters. The van der Waals surface area contributed by atoms with E-state index < -0.39 is 0 Å². The molecule has 0 spiro atoms. The zero-order valence-corrected chi connectivity index (χ0v) is 35.0. The molecule has 3 aromatic rings. The summed E-state index contributed by atoms with van der Waals surface area (Å²) in [6.07, 6.45) is 22.3. The summed E-state index contributed by atoms with van der Waals surface area (Å²) in [5, 5.41) is 0. The second-order valence-electron chi connectivity index (χ2n) is 20.0. The molecule has 1 aliphatic rings. The molecule has 278 valence electrons. The van der Waals surface area contributed by atoms with Gasteiger partial charge in [-0.25, -0.2) is 0 Å². The second kappa shape index (κ2) is 16.8. The van der Waals surface area contributed by atoms with Crippen LogP contribution in [0, 0.1) is 5.41 Å². The van der Waals surface area contributed by atoms with Crippen molar-refractivity contribution in [1.29, 1.82) is 0 Å². The van der Waals surface area contributed by atoms with Gasteiger partial charge in [0.15, 0.2) is 0 Å². The van der Waals surface area contributed by atoms with Gasteiger partial charge in [-0.2, -0.15) is 0 Å². The number of hydrogen-bond donors (Lipinski definition) is 0. The van der Waals surface area contributed by atoms with Crippen molar-refractivity contribution in [2.75, 3.05) is 55.4 Å². The largest absolute Gasteiger partial charge is 0.331 e. The summed E-state index contributed by atoms with van der Waals surface area (Å²) in [6.45, 7) is 16.2. The van der Waals surface area contributed by atoms with Crippen LogP contribution in [0.3, 0.4) is 0 Å². The van der Waals surface area contributed by atoms with E-state index in [0.29, 0.717) is 0 Å². The molecule has 2 nitrogen and oxygen atoms in total. The van der Waals surface area contributed by atoms with Crippen LogP contribution in [-0.2, 0) is 10.8 Å². The summed E-state index contributed by atoms with van der Waals surface area (Å²) in [5.74, 6) is 0. The molecule has 0 atom stereocenters. The zero-order chi connectivity index (χ0) is 37.5. The van der Waals surface area contributed by atoms with Crippen LogP contribution < -0.4 is 0 Å². The first-order chi connectivity index (χ1) is 23.8. The van der Waals surface area contributed by atoms with Crippen molar-refractivity contribution in [1.82, 2.24) is 0 Å². The van der Waals surface area contributed by atoms with Gasteiger partial charge in [-0.15, -0.1) is 0 Å². The predicted molar refractivity (Wildman–Crippen MR) is 227 cm³/mol. The molecule has 0 bridgehead atoms. The summed E-state index contributed by atoms with van der Waals surface area (Å²) < 4.78 is 2.11. The van der Waals surface area contributed by atoms with Gasteiger partial charge in [-0.1, -0.05) is 152 Å². The minimum absolute atomic E-state index is 0.0502. The SMILES string of the molecule is CC(C)(C)/C=C/c1ccc2c(c1)C(CCCCCC[N+](C)(C)C)(CCCCCC[N+](C)(C)C)c1cc(/C=C/c3ccc(C(C)(C)C)cc3)ccc1-2. The summed E-state index contributed by atoms with van der Waals surface area (Å²) in [4.78, 5) is 0. The van der Waals surface area contributed by atoms with E-state index in [9.17, 15) is 0 Å². The van der Waals surface area contributed by atoms with Crippen LogP contribution >= 0.6 is 0 Å². The van der Waals surface area contributed by atoms with Crippen molar-refractivity contribution in [3.8, 4) is 11.1 Å². The number of hydrogen-bond acceptors (Lipinski definition) is 0. The Morgan fingerprint density at radius 1 is 0.490 bits per heavy atom. The van der Waals surface area contributed by atoms with E-state index in [1.807, 2.05) is 0 Å². The Bertz CT molecular complexity index is 1580. The van der Waals surface area contributed by atoms with E-state index in [1.165, 1.54) is 111 Å². The number of fused-ring (bicyclic) bond motifs is 3. The third kappa shape index (κ3) is 12.3. The molecular weight excluding hydrogens is 617 g/mol. The average Bonchev–Trinajstić information content (AvgIpc) is 3.29. The highest BCUT2D eigenvalue weighted by molar-refractivity contribution is 5.84. The van der Waals surface area contributed by atoms with Crippen LogP contribution in [-0.4, -0.2) is 64.3 Å². The Hall–Kier alpha value is -2.94. The summed E-state index contributed by atoms with van der Waals surface area (Å²) in [7, 11) is 13.9. The Labute approximate surface area is 314 Å². The average molecular weight is 691 g/mol. The number of nitrogens with zero attached hydrogens (tertiary/aromatic N) is 2. The molecule has 0 saturated heterocycles. The first kappa shape index (κ1) is 40.8. The topological polar surface area (TPSA) is 0 Å². The van der Waals surface area contributed by atoms with Crippen molar-refractivity contribution in [3.63, 3.8) is 0 Å². The van der Waals surface area contributed by atoms with Gasteiger partial charge in [0.25, 0.3) is 0 Å². The molecule has 0 saturated carbocycles. The Morgan fingerprint density at radius 3 is 1.33 bits per heavy atom. The molecule has 0 radical (unpaired) electrons. The number of quaternary nitrogens is 2. The van der Waals surface area contributed by atoms with Gasteiger partial charge in [0, 0.05) is 5.41 Å². The highest BCUT2D eigenvalue weighted by Gasteiger charge is 2.42. The van der Waals surface area contributed by atoms with Crippen LogP contribution in [0.25, 0.3) is 29.4 Å². The van der Waals surface area contributed by atoms with E-state index in [1.54, 1.807) is 11.1 Å². The third-order valence-corrected chi connectivity index (χ3v) is 10.8. The lowest BCUT2D eigenvalue weighted by atomic mass is 9.70. The molecule has 0 N–H and O–H groups in total. The first-order valence-electron chi connectivity index (χ1n) is 20.1. The van der Waals surface area contributed by atoms with Gasteiger partial charge in [-0.05, 0) is 93.9 Å². The Morgan fingerprint density at radius 2 is 0.902 bits per heavy atom. The number of benzene rings is 3. The monoisotopic (exact) mass is 691 g/mol. The number of unbranched alkanes of at least 4 members (excludes halogenated alkanes) is 6. The van der Waals surface area contributed by atoms with E-state index >= 15 is 0 Å². The molecule has 4 rings (SSSR count). The molecule has 2 heteroatoms. The standard InChI is InChI=1S/C49H74N2/c1-47(2,3)34-31-41-26-30-44-43-29-25-40(22-21-39-23-27-42(28-24-39)48(4,5)6)37-45(43)49(46(44)38-41,32-17-13-15-19-35-50(7,8)9)33-18-14-16-20-36-51(10,11)12/h21-31,34,37-38H,13-20,32-33,35-36H2,1-12H3/q+2/b22-21+,34-31+. The van der Waals surface area contributed by atoms with E-state index in [4.69, 9.17) is 0 Å². The predicted octanol–water partition coefficient (Wildman–Crippen LogP) is 12.8. The zero-order valence-electron chi connectivity index (χ0n) is 35.0. The van der Waals surface area contributed by atoms with Gasteiger partial charge in [0.2, 0.25) is 0 Å². The highest BCUT2D eigenvalue weighted by Crippen LogP contribution is 2.55. The van der Waals surface area contributed by atoms with Gasteiger partial charge in [-0.3, -0.25) is 0 Å². The first-order valence-corrected chi connectivity index (χ1v) is 20.1. The minimum Gasteiger partial charge on any atom is -0.331 e. The molecule has 3 aromatic carbocycles. The lowest BCUT2D eigenvalue weighted by Gasteiger charge is -2.33. The van der Waals surface area contributed by atoms with Crippen molar-refractivity contribution in [2.45, 2.75) is 117 Å². The highest BCUT2D eigenvalue weighted by atomic mass is 15.3. The molecule has 0 fully saturated rings. The lowest BCUT2D eigenvalue weighted by Crippen LogP contribution is -2.35. The molecule has 0 aliphatic heterocycles. The molecule has 0 amide bonds. The van der Waals surface area contributed by atoms with Crippen molar-refractivity contribution >= 4 is 18.2 Å². The van der Waals surface area contributed by atoms with Crippen molar-refractivity contribution in [3.05, 3.63) is 100 Å². The summed E-state index contributed by atoms with van der Waals surface area (Å²) >= 11 is 0. The molecule has 0 heterocycles. The summed E-state index contributed by atoms with van der Waals surface area (Å²) in [5.41, 5.74) is 11.7. The van der Waals surface area contributed by atoms with Crippen LogP contribution in [0.4, 0.5) is 0 Å². The van der Waals surface area contributed by atoms with E-state index in [0.717, 1.165) is 8.97 Å². The van der Waals surface area contributed by atoms with E-state index in [-0.39, 0.29) is 16.2 Å². The van der Waals surface area contributed by atoms with Crippen LogP contribution in [0.15, 0.2) is 66.7 Å². The minimum atomic E-state index is 0.0502. The molecule has 1 aliphatic carbocycles. The second-order valence-corrected chi connectivity index (χ2v) is 20.0. The number of allylic oxidation sites excluding steroid dienone is 1. The Kier molecular flexibility index (Phi) is 13.5.